The molecule has 2 amide bonds. The van der Waals surface area contributed by atoms with Crippen molar-refractivity contribution in [1.29, 1.82) is 0 Å². The van der Waals surface area contributed by atoms with E-state index in [2.05, 4.69) is 15.5 Å². The SMILES string of the molecule is CC(=O)N1CCN(c2ccc(NC(=S)NC(=O)/C=C/c3ccc(Cl)cc3Cl)cc2Cl)CC1. The van der Waals surface area contributed by atoms with Crippen LogP contribution in [0.3, 0.4) is 0 Å². The summed E-state index contributed by atoms with van der Waals surface area (Å²) in [5.41, 5.74) is 2.20. The van der Waals surface area contributed by atoms with Crippen molar-refractivity contribution in [1.82, 2.24) is 10.2 Å². The first-order valence-corrected chi connectivity index (χ1v) is 11.3. The number of hydrogen-bond donors (Lipinski definition) is 2. The Kier molecular flexibility index (Phi) is 8.37. The molecule has 0 bridgehead atoms. The van der Waals surface area contributed by atoms with Gasteiger partial charge < -0.3 is 15.1 Å². The molecule has 0 spiro atoms. The fourth-order valence-electron chi connectivity index (χ4n) is 3.22. The molecule has 10 heteroatoms. The lowest BCUT2D eigenvalue weighted by Crippen LogP contribution is -2.48. The molecule has 1 aliphatic rings. The predicted octanol–water partition coefficient (Wildman–Crippen LogP) is 4.84. The van der Waals surface area contributed by atoms with Gasteiger partial charge in [0, 0.05) is 54.9 Å². The minimum absolute atomic E-state index is 0.0805. The topological polar surface area (TPSA) is 64.7 Å². The first-order chi connectivity index (χ1) is 15.2. The van der Waals surface area contributed by atoms with Crippen LogP contribution in [0.5, 0.6) is 0 Å². The van der Waals surface area contributed by atoms with E-state index in [1.807, 2.05) is 17.0 Å². The molecule has 3 rings (SSSR count). The minimum atomic E-state index is -0.403. The molecular weight excluding hydrogens is 491 g/mol. The smallest absolute Gasteiger partial charge is 0.250 e. The average molecular weight is 512 g/mol. The van der Waals surface area contributed by atoms with Crippen LogP contribution >= 0.6 is 47.0 Å². The molecular formula is C22H21Cl3N4O2S. The summed E-state index contributed by atoms with van der Waals surface area (Å²) >= 11 is 23.6. The Hall–Kier alpha value is -2.32. The van der Waals surface area contributed by atoms with Crippen molar-refractivity contribution in [3.8, 4) is 0 Å². The van der Waals surface area contributed by atoms with Gasteiger partial charge in [0.25, 0.3) is 0 Å². The number of hydrogen-bond acceptors (Lipinski definition) is 4. The first-order valence-electron chi connectivity index (χ1n) is 9.78. The van der Waals surface area contributed by atoms with Crippen LogP contribution in [-0.2, 0) is 9.59 Å². The van der Waals surface area contributed by atoms with Gasteiger partial charge in [-0.25, -0.2) is 0 Å². The van der Waals surface area contributed by atoms with E-state index in [9.17, 15) is 9.59 Å². The number of halogens is 3. The van der Waals surface area contributed by atoms with Crippen molar-refractivity contribution in [2.24, 2.45) is 0 Å². The van der Waals surface area contributed by atoms with Gasteiger partial charge in [-0.15, -0.1) is 0 Å². The van der Waals surface area contributed by atoms with Crippen LogP contribution in [0.1, 0.15) is 12.5 Å². The highest BCUT2D eigenvalue weighted by Gasteiger charge is 2.20. The summed E-state index contributed by atoms with van der Waals surface area (Å²) in [5, 5.41) is 7.18. The number of amides is 2. The predicted molar refractivity (Wildman–Crippen MR) is 136 cm³/mol. The molecule has 168 valence electrons. The Labute approximate surface area is 207 Å². The van der Waals surface area contributed by atoms with E-state index < -0.39 is 5.91 Å². The molecule has 6 nitrogen and oxygen atoms in total. The van der Waals surface area contributed by atoms with Gasteiger partial charge in [0.2, 0.25) is 11.8 Å². The third kappa shape index (κ3) is 6.59. The average Bonchev–Trinajstić information content (AvgIpc) is 2.73. The standard InChI is InChI=1S/C22H21Cl3N4O2S/c1-14(30)28-8-10-29(11-9-28)20-6-5-17(13-19(20)25)26-22(32)27-21(31)7-3-15-2-4-16(23)12-18(15)24/h2-7,12-13H,8-11H2,1H3,(H2,26,27,31,32)/b7-3+. The summed E-state index contributed by atoms with van der Waals surface area (Å²) in [4.78, 5) is 27.6. The molecule has 0 saturated carbocycles. The van der Waals surface area contributed by atoms with E-state index in [-0.39, 0.29) is 11.0 Å². The number of anilines is 2. The van der Waals surface area contributed by atoms with E-state index in [0.717, 1.165) is 5.69 Å². The maximum absolute atomic E-state index is 12.1. The Bertz CT molecular complexity index is 1070. The Balaban J connectivity index is 1.55. The lowest BCUT2D eigenvalue weighted by atomic mass is 10.2. The molecule has 2 aromatic rings. The zero-order valence-corrected chi connectivity index (χ0v) is 20.3. The molecule has 1 saturated heterocycles. The Morgan fingerprint density at radius 2 is 1.72 bits per heavy atom. The van der Waals surface area contributed by atoms with Gasteiger partial charge in [-0.05, 0) is 54.2 Å². The number of carbonyl (C=O) groups excluding carboxylic acids is 2. The van der Waals surface area contributed by atoms with Crippen LogP contribution in [0.25, 0.3) is 6.08 Å². The molecule has 0 unspecified atom stereocenters. The van der Waals surface area contributed by atoms with Gasteiger partial charge in [-0.2, -0.15) is 0 Å². The lowest BCUT2D eigenvalue weighted by Gasteiger charge is -2.36. The molecule has 32 heavy (non-hydrogen) atoms. The van der Waals surface area contributed by atoms with Crippen molar-refractivity contribution in [2.45, 2.75) is 6.92 Å². The number of rotatable bonds is 4. The number of thiocarbonyl (C=S) groups is 1. The summed E-state index contributed by atoms with van der Waals surface area (Å²) in [6.07, 6.45) is 2.91. The zero-order chi connectivity index (χ0) is 23.3. The van der Waals surface area contributed by atoms with E-state index in [1.54, 1.807) is 37.3 Å². The number of nitrogens with zero attached hydrogens (tertiary/aromatic N) is 2. The van der Waals surface area contributed by atoms with Crippen LogP contribution in [-0.4, -0.2) is 48.0 Å². The zero-order valence-electron chi connectivity index (χ0n) is 17.2. The molecule has 1 fully saturated rings. The quantitative estimate of drug-likeness (QED) is 0.454. The number of nitrogens with one attached hydrogen (secondary N) is 2. The maximum Gasteiger partial charge on any atom is 0.250 e. The molecule has 0 aromatic heterocycles. The second-order valence-corrected chi connectivity index (χ2v) is 8.76. The Morgan fingerprint density at radius 3 is 2.34 bits per heavy atom. The highest BCUT2D eigenvalue weighted by molar-refractivity contribution is 7.80. The fraction of sp³-hybridized carbons (Fsp3) is 0.227. The van der Waals surface area contributed by atoms with Gasteiger partial charge in [0.1, 0.15) is 0 Å². The van der Waals surface area contributed by atoms with Crippen LogP contribution < -0.4 is 15.5 Å². The monoisotopic (exact) mass is 510 g/mol. The summed E-state index contributed by atoms with van der Waals surface area (Å²) in [7, 11) is 0. The van der Waals surface area contributed by atoms with Gasteiger partial charge >= 0.3 is 0 Å². The summed E-state index contributed by atoms with van der Waals surface area (Å²) < 4.78 is 0. The van der Waals surface area contributed by atoms with Crippen LogP contribution in [0, 0.1) is 0 Å². The number of carbonyl (C=O) groups is 2. The van der Waals surface area contributed by atoms with E-state index in [1.165, 1.54) is 6.08 Å². The van der Waals surface area contributed by atoms with E-state index >= 15 is 0 Å². The first kappa shape index (κ1) is 24.3. The lowest BCUT2D eigenvalue weighted by molar-refractivity contribution is -0.129. The van der Waals surface area contributed by atoms with Crippen molar-refractivity contribution >= 4 is 81.4 Å². The molecule has 0 radical (unpaired) electrons. The third-order valence-corrected chi connectivity index (χ3v) is 5.95. The largest absolute Gasteiger partial charge is 0.367 e. The number of piperazine rings is 1. The fourth-order valence-corrected chi connectivity index (χ4v) is 4.21. The van der Waals surface area contributed by atoms with Crippen molar-refractivity contribution in [3.05, 3.63) is 63.1 Å². The summed E-state index contributed by atoms with van der Waals surface area (Å²) in [6.45, 7) is 4.33. The van der Waals surface area contributed by atoms with Gasteiger partial charge in [-0.3, -0.25) is 14.9 Å². The van der Waals surface area contributed by atoms with Gasteiger partial charge in [-0.1, -0.05) is 40.9 Å². The highest BCUT2D eigenvalue weighted by Crippen LogP contribution is 2.29. The second-order valence-electron chi connectivity index (χ2n) is 7.10. The molecule has 0 atom stereocenters. The molecule has 2 aromatic carbocycles. The molecule has 1 heterocycles. The van der Waals surface area contributed by atoms with Crippen LogP contribution in [0.4, 0.5) is 11.4 Å². The van der Waals surface area contributed by atoms with Gasteiger partial charge in [0.05, 0.1) is 10.7 Å². The van der Waals surface area contributed by atoms with Crippen molar-refractivity contribution in [2.75, 3.05) is 36.4 Å². The Morgan fingerprint density at radius 1 is 1.00 bits per heavy atom. The van der Waals surface area contributed by atoms with Crippen LogP contribution in [0.15, 0.2) is 42.5 Å². The molecule has 1 aliphatic heterocycles. The molecule has 2 N–H and O–H groups in total. The van der Waals surface area contributed by atoms with E-state index in [4.69, 9.17) is 47.0 Å². The van der Waals surface area contributed by atoms with E-state index in [0.29, 0.717) is 52.5 Å². The minimum Gasteiger partial charge on any atom is -0.367 e. The second kappa shape index (κ2) is 11.0. The van der Waals surface area contributed by atoms with Gasteiger partial charge in [0.15, 0.2) is 5.11 Å². The molecule has 0 aliphatic carbocycles. The van der Waals surface area contributed by atoms with Crippen molar-refractivity contribution < 1.29 is 9.59 Å². The normalized spacial score (nSPS) is 13.9. The summed E-state index contributed by atoms with van der Waals surface area (Å²) in [6, 6.07) is 10.5. The van der Waals surface area contributed by atoms with Crippen LogP contribution in [0.2, 0.25) is 15.1 Å². The number of benzene rings is 2. The third-order valence-electron chi connectivity index (χ3n) is 4.88. The maximum atomic E-state index is 12.1. The summed E-state index contributed by atoms with van der Waals surface area (Å²) in [5.74, 6) is -0.323. The van der Waals surface area contributed by atoms with Crippen molar-refractivity contribution in [3.63, 3.8) is 0 Å². The highest BCUT2D eigenvalue weighted by atomic mass is 35.5.